The lowest BCUT2D eigenvalue weighted by Crippen LogP contribution is -2.15. The van der Waals surface area contributed by atoms with Gasteiger partial charge in [0.25, 0.3) is 0 Å². The third kappa shape index (κ3) is 2.88. The Hall–Kier alpha value is -1.84. The Kier molecular flexibility index (Phi) is 3.65. The molecule has 2 aromatic rings. The van der Waals surface area contributed by atoms with Crippen molar-refractivity contribution in [3.8, 4) is 0 Å². The van der Waals surface area contributed by atoms with E-state index in [0.29, 0.717) is 6.04 Å². The van der Waals surface area contributed by atoms with E-state index in [1.807, 2.05) is 19.2 Å². The molecule has 4 heteroatoms. The number of hydrogen-bond acceptors (Lipinski definition) is 3. The molecule has 0 saturated carbocycles. The zero-order valence-electron chi connectivity index (χ0n) is 11.4. The molecule has 4 nitrogen and oxygen atoms in total. The maximum absolute atomic E-state index is 4.50. The number of nitrogens with one attached hydrogen (secondary N) is 1. The molecule has 0 aliphatic rings. The van der Waals surface area contributed by atoms with Crippen molar-refractivity contribution in [1.29, 1.82) is 0 Å². The first-order valence-corrected chi connectivity index (χ1v) is 6.27. The molecule has 0 atom stereocenters. The maximum atomic E-state index is 4.50. The minimum atomic E-state index is 0.371. The van der Waals surface area contributed by atoms with Gasteiger partial charge in [0.1, 0.15) is 0 Å². The molecule has 0 aliphatic carbocycles. The first-order valence-electron chi connectivity index (χ1n) is 6.27. The summed E-state index contributed by atoms with van der Waals surface area (Å²) in [6.45, 7) is 9.07. The van der Waals surface area contributed by atoms with Gasteiger partial charge in [-0.25, -0.2) is 4.98 Å². The Morgan fingerprint density at radius 3 is 2.78 bits per heavy atom. The van der Waals surface area contributed by atoms with E-state index in [2.05, 4.69) is 52.9 Å². The lowest BCUT2D eigenvalue weighted by molar-refractivity contribution is 0.752. The van der Waals surface area contributed by atoms with Gasteiger partial charge in [0.05, 0.1) is 17.9 Å². The van der Waals surface area contributed by atoms with Gasteiger partial charge < -0.3 is 9.88 Å². The van der Waals surface area contributed by atoms with Gasteiger partial charge in [0, 0.05) is 18.4 Å². The van der Waals surface area contributed by atoms with Crippen LogP contribution < -0.4 is 5.32 Å². The lowest BCUT2D eigenvalue weighted by atomic mass is 10.2. The molecule has 0 aliphatic heterocycles. The van der Waals surface area contributed by atoms with Gasteiger partial charge in [-0.05, 0) is 39.3 Å². The van der Waals surface area contributed by atoms with E-state index in [1.54, 1.807) is 0 Å². The molecule has 0 unspecified atom stereocenters. The Morgan fingerprint density at radius 2 is 2.11 bits per heavy atom. The molecule has 1 N–H and O–H groups in total. The zero-order valence-corrected chi connectivity index (χ0v) is 11.4. The van der Waals surface area contributed by atoms with Crippen molar-refractivity contribution in [2.75, 3.05) is 5.32 Å². The van der Waals surface area contributed by atoms with E-state index < -0.39 is 0 Å². The number of aryl methyl sites for hydroxylation is 2. The van der Waals surface area contributed by atoms with E-state index in [-0.39, 0.29) is 0 Å². The zero-order chi connectivity index (χ0) is 13.1. The molecule has 0 amide bonds. The van der Waals surface area contributed by atoms with Crippen LogP contribution in [0.1, 0.15) is 30.8 Å². The van der Waals surface area contributed by atoms with Gasteiger partial charge in [-0.3, -0.25) is 4.98 Å². The summed E-state index contributed by atoms with van der Waals surface area (Å²) >= 11 is 0. The van der Waals surface area contributed by atoms with Gasteiger partial charge in [0.15, 0.2) is 0 Å². The fraction of sp³-hybridized carbons (Fsp3) is 0.429. The standard InChI is InChI=1S/C14H20N4/c1-10(2)16-14-17-12(4)8-18(14)9-13-11(3)6-5-7-15-13/h5-8,10H,9H2,1-4H3,(H,16,17). The van der Waals surface area contributed by atoms with Crippen molar-refractivity contribution in [2.45, 2.75) is 40.3 Å². The van der Waals surface area contributed by atoms with Gasteiger partial charge in [-0.1, -0.05) is 6.07 Å². The summed E-state index contributed by atoms with van der Waals surface area (Å²) in [5, 5.41) is 3.36. The highest BCUT2D eigenvalue weighted by Crippen LogP contribution is 2.13. The number of aromatic nitrogens is 3. The fourth-order valence-electron chi connectivity index (χ4n) is 1.89. The first-order chi connectivity index (χ1) is 8.56. The molecule has 0 radical (unpaired) electrons. The molecule has 2 heterocycles. The average Bonchev–Trinajstić information content (AvgIpc) is 2.61. The minimum Gasteiger partial charge on any atom is -0.353 e. The number of rotatable bonds is 4. The van der Waals surface area contributed by atoms with Crippen LogP contribution >= 0.6 is 0 Å². The summed E-state index contributed by atoms with van der Waals surface area (Å²) in [6.07, 6.45) is 3.89. The number of anilines is 1. The highest BCUT2D eigenvalue weighted by molar-refractivity contribution is 5.31. The molecule has 0 fully saturated rings. The molecular weight excluding hydrogens is 224 g/mol. The van der Waals surface area contributed by atoms with Crippen molar-refractivity contribution in [3.63, 3.8) is 0 Å². The van der Waals surface area contributed by atoms with Crippen LogP contribution in [0.3, 0.4) is 0 Å². The Labute approximate surface area is 108 Å². The van der Waals surface area contributed by atoms with Gasteiger partial charge in [-0.2, -0.15) is 0 Å². The highest BCUT2D eigenvalue weighted by Gasteiger charge is 2.08. The predicted molar refractivity (Wildman–Crippen MR) is 73.8 cm³/mol. The van der Waals surface area contributed by atoms with Crippen LogP contribution in [0.4, 0.5) is 5.95 Å². The van der Waals surface area contributed by atoms with Gasteiger partial charge >= 0.3 is 0 Å². The van der Waals surface area contributed by atoms with E-state index in [1.165, 1.54) is 5.56 Å². The molecular formula is C14H20N4. The quantitative estimate of drug-likeness (QED) is 0.899. The maximum Gasteiger partial charge on any atom is 0.203 e. The van der Waals surface area contributed by atoms with Gasteiger partial charge in [0.2, 0.25) is 5.95 Å². The summed E-state index contributed by atoms with van der Waals surface area (Å²) in [5.74, 6) is 0.910. The second-order valence-corrected chi connectivity index (χ2v) is 4.90. The van der Waals surface area contributed by atoms with E-state index in [0.717, 1.165) is 23.9 Å². The first kappa shape index (κ1) is 12.6. The average molecular weight is 244 g/mol. The van der Waals surface area contributed by atoms with Crippen molar-refractivity contribution in [3.05, 3.63) is 41.5 Å². The number of nitrogens with zero attached hydrogens (tertiary/aromatic N) is 3. The van der Waals surface area contributed by atoms with Crippen LogP contribution in [0.2, 0.25) is 0 Å². The lowest BCUT2D eigenvalue weighted by Gasteiger charge is -2.12. The number of pyridine rings is 1. The second kappa shape index (κ2) is 5.21. The van der Waals surface area contributed by atoms with E-state index >= 15 is 0 Å². The molecule has 2 rings (SSSR count). The largest absolute Gasteiger partial charge is 0.353 e. The molecule has 0 saturated heterocycles. The van der Waals surface area contributed by atoms with Crippen LogP contribution in [-0.4, -0.2) is 20.6 Å². The Bertz CT molecular complexity index is 528. The van der Waals surface area contributed by atoms with E-state index in [9.17, 15) is 0 Å². The number of imidazole rings is 1. The molecule has 2 aromatic heterocycles. The molecule has 0 aromatic carbocycles. The van der Waals surface area contributed by atoms with E-state index in [4.69, 9.17) is 0 Å². The van der Waals surface area contributed by atoms with Crippen LogP contribution in [0.5, 0.6) is 0 Å². The van der Waals surface area contributed by atoms with Crippen LogP contribution in [0, 0.1) is 13.8 Å². The molecule has 96 valence electrons. The van der Waals surface area contributed by atoms with Crippen molar-refractivity contribution in [2.24, 2.45) is 0 Å². The molecule has 0 bridgehead atoms. The van der Waals surface area contributed by atoms with Crippen LogP contribution in [0.15, 0.2) is 24.5 Å². The Balaban J connectivity index is 2.26. The summed E-state index contributed by atoms with van der Waals surface area (Å²) < 4.78 is 2.12. The van der Waals surface area contributed by atoms with Crippen LogP contribution in [0.25, 0.3) is 0 Å². The SMILES string of the molecule is Cc1cn(Cc2ncccc2C)c(NC(C)C)n1. The fourth-order valence-corrected chi connectivity index (χ4v) is 1.89. The van der Waals surface area contributed by atoms with Crippen molar-refractivity contribution < 1.29 is 0 Å². The molecule has 0 spiro atoms. The van der Waals surface area contributed by atoms with Crippen molar-refractivity contribution >= 4 is 5.95 Å². The smallest absolute Gasteiger partial charge is 0.203 e. The second-order valence-electron chi connectivity index (χ2n) is 4.90. The summed E-state index contributed by atoms with van der Waals surface area (Å²) in [5.41, 5.74) is 3.31. The minimum absolute atomic E-state index is 0.371. The third-order valence-corrected chi connectivity index (χ3v) is 2.75. The third-order valence-electron chi connectivity index (χ3n) is 2.75. The normalized spacial score (nSPS) is 10.9. The summed E-state index contributed by atoms with van der Waals surface area (Å²) in [7, 11) is 0. The van der Waals surface area contributed by atoms with Gasteiger partial charge in [-0.15, -0.1) is 0 Å². The van der Waals surface area contributed by atoms with Crippen LogP contribution in [-0.2, 0) is 6.54 Å². The summed E-state index contributed by atoms with van der Waals surface area (Å²) in [4.78, 5) is 8.93. The molecule has 18 heavy (non-hydrogen) atoms. The predicted octanol–water partition coefficient (Wildman–Crippen LogP) is 2.76. The monoisotopic (exact) mass is 244 g/mol. The topological polar surface area (TPSA) is 42.7 Å². The number of hydrogen-bond donors (Lipinski definition) is 1. The Morgan fingerprint density at radius 1 is 1.33 bits per heavy atom. The van der Waals surface area contributed by atoms with Crippen molar-refractivity contribution in [1.82, 2.24) is 14.5 Å². The highest BCUT2D eigenvalue weighted by atomic mass is 15.2. The summed E-state index contributed by atoms with van der Waals surface area (Å²) in [6, 6.07) is 4.42.